The third-order valence-corrected chi connectivity index (χ3v) is 2.63. The summed E-state index contributed by atoms with van der Waals surface area (Å²) in [6.45, 7) is 0.0909. The fourth-order valence-electron chi connectivity index (χ4n) is 1.88. The third-order valence-electron chi connectivity index (χ3n) is 2.63. The highest BCUT2D eigenvalue weighted by atomic mass is 16.7. The van der Waals surface area contributed by atoms with Crippen LogP contribution in [0.4, 0.5) is 0 Å². The second kappa shape index (κ2) is 4.09. The molecule has 2 rings (SSSR count). The minimum Gasteiger partial charge on any atom is -0.394 e. The number of aliphatic hydroxyl groups excluding tert-OH is 1. The Kier molecular flexibility index (Phi) is 2.82. The molecule has 1 aromatic carbocycles. The van der Waals surface area contributed by atoms with Gasteiger partial charge >= 0.3 is 0 Å². The molecule has 2 unspecified atom stereocenters. The number of hydroxylamine groups is 2. The van der Waals surface area contributed by atoms with Crippen molar-refractivity contribution in [3.05, 3.63) is 35.9 Å². The van der Waals surface area contributed by atoms with Gasteiger partial charge in [-0.15, -0.1) is 0 Å². The molecule has 0 radical (unpaired) electrons. The Balaban J connectivity index is 2.13. The van der Waals surface area contributed by atoms with Crippen LogP contribution in [-0.2, 0) is 4.84 Å². The Hall–Kier alpha value is -0.900. The van der Waals surface area contributed by atoms with Gasteiger partial charge in [0.05, 0.1) is 12.6 Å². The lowest BCUT2D eigenvalue weighted by atomic mass is 10.0. The van der Waals surface area contributed by atoms with Gasteiger partial charge in [-0.1, -0.05) is 30.3 Å². The molecular weight excluding hydrogens is 178 g/mol. The molecule has 1 heterocycles. The van der Waals surface area contributed by atoms with Gasteiger partial charge < -0.3 is 5.11 Å². The van der Waals surface area contributed by atoms with Crippen molar-refractivity contribution in [1.82, 2.24) is 5.06 Å². The van der Waals surface area contributed by atoms with Crippen molar-refractivity contribution in [2.75, 3.05) is 13.7 Å². The van der Waals surface area contributed by atoms with E-state index in [0.29, 0.717) is 0 Å². The molecule has 76 valence electrons. The molecule has 1 aromatic rings. The number of nitrogens with zero attached hydrogens (tertiary/aromatic N) is 1. The minimum atomic E-state index is -0.0507. The molecule has 3 nitrogen and oxygen atoms in total. The molecule has 0 bridgehead atoms. The van der Waals surface area contributed by atoms with Crippen molar-refractivity contribution in [3.8, 4) is 0 Å². The summed E-state index contributed by atoms with van der Waals surface area (Å²) in [5.41, 5.74) is 1.24. The van der Waals surface area contributed by atoms with Gasteiger partial charge in [0.1, 0.15) is 6.10 Å². The quantitative estimate of drug-likeness (QED) is 0.769. The van der Waals surface area contributed by atoms with Crippen LogP contribution in [0.3, 0.4) is 0 Å². The number of hydrogen-bond acceptors (Lipinski definition) is 3. The van der Waals surface area contributed by atoms with Gasteiger partial charge in [-0.3, -0.25) is 4.84 Å². The first kappa shape index (κ1) is 9.65. The highest BCUT2D eigenvalue weighted by Crippen LogP contribution is 2.31. The Labute approximate surface area is 83.9 Å². The van der Waals surface area contributed by atoms with Crippen LogP contribution in [0.1, 0.15) is 18.0 Å². The molecule has 1 aliphatic rings. The first-order chi connectivity index (χ1) is 6.81. The predicted molar refractivity (Wildman–Crippen MR) is 53.5 cm³/mol. The van der Waals surface area contributed by atoms with Crippen molar-refractivity contribution in [1.29, 1.82) is 0 Å². The number of rotatable bonds is 2. The molecule has 2 atom stereocenters. The molecule has 0 spiro atoms. The van der Waals surface area contributed by atoms with Gasteiger partial charge in [0, 0.05) is 7.05 Å². The maximum absolute atomic E-state index is 9.00. The van der Waals surface area contributed by atoms with E-state index in [2.05, 4.69) is 12.1 Å². The molecule has 0 aliphatic carbocycles. The van der Waals surface area contributed by atoms with Crippen molar-refractivity contribution >= 4 is 0 Å². The summed E-state index contributed by atoms with van der Waals surface area (Å²) in [5.74, 6) is 0. The van der Waals surface area contributed by atoms with Gasteiger partial charge in [0.25, 0.3) is 0 Å². The topological polar surface area (TPSA) is 32.7 Å². The van der Waals surface area contributed by atoms with E-state index in [9.17, 15) is 0 Å². The molecule has 1 fully saturated rings. The van der Waals surface area contributed by atoms with Gasteiger partial charge in [-0.25, -0.2) is 0 Å². The summed E-state index contributed by atoms with van der Waals surface area (Å²) in [5, 5.41) is 10.8. The maximum atomic E-state index is 9.00. The molecule has 1 aliphatic heterocycles. The van der Waals surface area contributed by atoms with E-state index in [1.807, 2.05) is 30.3 Å². The molecule has 0 saturated carbocycles. The monoisotopic (exact) mass is 193 g/mol. The van der Waals surface area contributed by atoms with Crippen LogP contribution in [0.25, 0.3) is 0 Å². The second-order valence-electron chi connectivity index (χ2n) is 3.62. The fourth-order valence-corrected chi connectivity index (χ4v) is 1.88. The lowest BCUT2D eigenvalue weighted by molar-refractivity contribution is -0.153. The Morgan fingerprint density at radius 2 is 2.14 bits per heavy atom. The number of aliphatic hydroxyl groups is 1. The van der Waals surface area contributed by atoms with Crippen LogP contribution in [0.5, 0.6) is 0 Å². The van der Waals surface area contributed by atoms with Crippen LogP contribution in [0.15, 0.2) is 30.3 Å². The zero-order valence-electron chi connectivity index (χ0n) is 8.26. The van der Waals surface area contributed by atoms with Gasteiger partial charge in [0.15, 0.2) is 0 Å². The molecular formula is C11H15NO2. The number of hydrogen-bond donors (Lipinski definition) is 1. The lowest BCUT2D eigenvalue weighted by Crippen LogP contribution is -2.17. The standard InChI is InChI=1S/C11H15NO2/c1-12-11(7-10(8-13)14-12)9-5-3-2-4-6-9/h2-6,10-11,13H,7-8H2,1H3. The van der Waals surface area contributed by atoms with Crippen LogP contribution >= 0.6 is 0 Å². The molecule has 1 saturated heterocycles. The molecule has 0 amide bonds. The summed E-state index contributed by atoms with van der Waals surface area (Å²) in [7, 11) is 1.91. The van der Waals surface area contributed by atoms with Crippen LogP contribution in [0, 0.1) is 0 Å². The summed E-state index contributed by atoms with van der Waals surface area (Å²) < 4.78 is 0. The van der Waals surface area contributed by atoms with Crippen LogP contribution in [-0.4, -0.2) is 29.9 Å². The molecule has 1 N–H and O–H groups in total. The second-order valence-corrected chi connectivity index (χ2v) is 3.62. The first-order valence-corrected chi connectivity index (χ1v) is 4.86. The average molecular weight is 193 g/mol. The van der Waals surface area contributed by atoms with E-state index < -0.39 is 0 Å². The summed E-state index contributed by atoms with van der Waals surface area (Å²) >= 11 is 0. The average Bonchev–Trinajstić information content (AvgIpc) is 2.61. The van der Waals surface area contributed by atoms with Crippen LogP contribution < -0.4 is 0 Å². The van der Waals surface area contributed by atoms with E-state index in [1.165, 1.54) is 5.56 Å². The van der Waals surface area contributed by atoms with E-state index >= 15 is 0 Å². The number of benzene rings is 1. The van der Waals surface area contributed by atoms with E-state index in [4.69, 9.17) is 9.94 Å². The first-order valence-electron chi connectivity index (χ1n) is 4.86. The van der Waals surface area contributed by atoms with Crippen molar-refractivity contribution < 1.29 is 9.94 Å². The highest BCUT2D eigenvalue weighted by molar-refractivity contribution is 5.19. The zero-order chi connectivity index (χ0) is 9.97. The Bertz CT molecular complexity index is 289. The molecule has 14 heavy (non-hydrogen) atoms. The van der Waals surface area contributed by atoms with Gasteiger partial charge in [-0.05, 0) is 12.0 Å². The Morgan fingerprint density at radius 1 is 1.43 bits per heavy atom. The zero-order valence-corrected chi connectivity index (χ0v) is 8.26. The SMILES string of the molecule is CN1OC(CO)CC1c1ccccc1. The van der Waals surface area contributed by atoms with Gasteiger partial charge in [-0.2, -0.15) is 5.06 Å². The summed E-state index contributed by atoms with van der Waals surface area (Å²) in [4.78, 5) is 5.46. The largest absolute Gasteiger partial charge is 0.394 e. The summed E-state index contributed by atoms with van der Waals surface area (Å²) in [6, 6.07) is 10.5. The Morgan fingerprint density at radius 3 is 2.71 bits per heavy atom. The fraction of sp³-hybridized carbons (Fsp3) is 0.455. The van der Waals surface area contributed by atoms with E-state index in [0.717, 1.165) is 6.42 Å². The van der Waals surface area contributed by atoms with E-state index in [1.54, 1.807) is 0 Å². The predicted octanol–water partition coefficient (Wildman–Crippen LogP) is 1.36. The normalized spacial score (nSPS) is 28.1. The van der Waals surface area contributed by atoms with Crippen LogP contribution in [0.2, 0.25) is 0 Å². The van der Waals surface area contributed by atoms with E-state index in [-0.39, 0.29) is 18.8 Å². The molecule has 0 aromatic heterocycles. The minimum absolute atomic E-state index is 0.0507. The van der Waals surface area contributed by atoms with Crippen molar-refractivity contribution in [2.24, 2.45) is 0 Å². The van der Waals surface area contributed by atoms with Crippen molar-refractivity contribution in [2.45, 2.75) is 18.6 Å². The smallest absolute Gasteiger partial charge is 0.104 e. The highest BCUT2D eigenvalue weighted by Gasteiger charge is 2.31. The maximum Gasteiger partial charge on any atom is 0.104 e. The summed E-state index contributed by atoms with van der Waals surface area (Å²) in [6.07, 6.45) is 0.807. The third kappa shape index (κ3) is 1.80. The van der Waals surface area contributed by atoms with Crippen molar-refractivity contribution in [3.63, 3.8) is 0 Å². The molecule has 3 heteroatoms. The lowest BCUT2D eigenvalue weighted by Gasteiger charge is -2.17. The van der Waals surface area contributed by atoms with Gasteiger partial charge in [0.2, 0.25) is 0 Å².